The second-order valence-corrected chi connectivity index (χ2v) is 2.73. The van der Waals surface area contributed by atoms with Gasteiger partial charge >= 0.3 is 0 Å². The lowest BCUT2D eigenvalue weighted by atomic mass is 10.1. The fraction of sp³-hybridized carbons (Fsp3) is 0.300. The molecule has 0 unspecified atom stereocenters. The van der Waals surface area contributed by atoms with Crippen molar-refractivity contribution in [3.8, 4) is 5.88 Å². The molecular formula is C10H14N2O. The van der Waals surface area contributed by atoms with Gasteiger partial charge in [-0.15, -0.1) is 6.58 Å². The number of aromatic nitrogens is 1. The summed E-state index contributed by atoms with van der Waals surface area (Å²) in [5, 5.41) is 0. The number of ether oxygens (including phenoxy) is 1. The molecule has 0 aromatic carbocycles. The zero-order chi connectivity index (χ0) is 9.68. The summed E-state index contributed by atoms with van der Waals surface area (Å²) >= 11 is 0. The lowest BCUT2D eigenvalue weighted by molar-refractivity contribution is 0.388. The lowest BCUT2D eigenvalue weighted by Gasteiger charge is -2.12. The van der Waals surface area contributed by atoms with Crippen LogP contribution in [-0.2, 0) is 0 Å². The summed E-state index contributed by atoms with van der Waals surface area (Å²) in [6, 6.07) is 3.68. The molecule has 1 aromatic heterocycles. The van der Waals surface area contributed by atoms with Crippen molar-refractivity contribution in [2.75, 3.05) is 7.11 Å². The monoisotopic (exact) mass is 178 g/mol. The van der Waals surface area contributed by atoms with Gasteiger partial charge in [-0.1, -0.05) is 12.1 Å². The van der Waals surface area contributed by atoms with Crippen LogP contribution in [0.2, 0.25) is 0 Å². The maximum atomic E-state index is 5.89. The molecule has 70 valence electrons. The predicted molar refractivity (Wildman–Crippen MR) is 52.5 cm³/mol. The Morgan fingerprint density at radius 1 is 1.77 bits per heavy atom. The smallest absolute Gasteiger partial charge is 0.217 e. The first-order chi connectivity index (χ1) is 6.29. The molecule has 1 heterocycles. The third-order valence-corrected chi connectivity index (χ3v) is 1.81. The first-order valence-electron chi connectivity index (χ1n) is 4.15. The zero-order valence-corrected chi connectivity index (χ0v) is 7.73. The highest BCUT2D eigenvalue weighted by Gasteiger charge is 2.10. The van der Waals surface area contributed by atoms with E-state index in [-0.39, 0.29) is 6.04 Å². The fourth-order valence-electron chi connectivity index (χ4n) is 1.16. The highest BCUT2D eigenvalue weighted by molar-refractivity contribution is 5.28. The molecular weight excluding hydrogens is 164 g/mol. The highest BCUT2D eigenvalue weighted by atomic mass is 16.5. The van der Waals surface area contributed by atoms with Crippen LogP contribution in [0.15, 0.2) is 31.0 Å². The predicted octanol–water partition coefficient (Wildman–Crippen LogP) is 1.67. The zero-order valence-electron chi connectivity index (χ0n) is 7.73. The van der Waals surface area contributed by atoms with Gasteiger partial charge in [0.25, 0.3) is 0 Å². The number of hydrogen-bond acceptors (Lipinski definition) is 3. The number of hydrogen-bond donors (Lipinski definition) is 1. The molecule has 0 aliphatic heterocycles. The summed E-state index contributed by atoms with van der Waals surface area (Å²) in [5.41, 5.74) is 6.81. The number of pyridine rings is 1. The largest absolute Gasteiger partial charge is 0.481 e. The van der Waals surface area contributed by atoms with E-state index in [0.29, 0.717) is 5.88 Å². The summed E-state index contributed by atoms with van der Waals surface area (Å²) < 4.78 is 5.09. The summed E-state index contributed by atoms with van der Waals surface area (Å²) in [5.74, 6) is 0.594. The van der Waals surface area contributed by atoms with Crippen LogP contribution in [0.4, 0.5) is 0 Å². The summed E-state index contributed by atoms with van der Waals surface area (Å²) in [7, 11) is 1.59. The molecule has 0 amide bonds. The fourth-order valence-corrected chi connectivity index (χ4v) is 1.16. The van der Waals surface area contributed by atoms with Crippen LogP contribution in [-0.4, -0.2) is 12.1 Å². The molecule has 0 aliphatic rings. The van der Waals surface area contributed by atoms with Gasteiger partial charge in [-0.2, -0.15) is 0 Å². The van der Waals surface area contributed by atoms with Crippen molar-refractivity contribution in [1.29, 1.82) is 0 Å². The minimum absolute atomic E-state index is 0.0823. The van der Waals surface area contributed by atoms with Crippen molar-refractivity contribution in [1.82, 2.24) is 4.98 Å². The Balaban J connectivity index is 2.91. The minimum Gasteiger partial charge on any atom is -0.481 e. The maximum absolute atomic E-state index is 5.89. The van der Waals surface area contributed by atoms with E-state index in [1.165, 1.54) is 0 Å². The van der Waals surface area contributed by atoms with Crippen molar-refractivity contribution in [3.63, 3.8) is 0 Å². The SMILES string of the molecule is C=CC[C@H](N)c1cccnc1OC. The topological polar surface area (TPSA) is 48.1 Å². The average Bonchev–Trinajstić information content (AvgIpc) is 2.18. The van der Waals surface area contributed by atoms with Crippen LogP contribution in [0.3, 0.4) is 0 Å². The maximum Gasteiger partial charge on any atom is 0.217 e. The molecule has 0 saturated heterocycles. The molecule has 0 spiro atoms. The van der Waals surface area contributed by atoms with Crippen LogP contribution in [0.5, 0.6) is 5.88 Å². The standard InChI is InChI=1S/C10H14N2O/c1-3-5-9(11)8-6-4-7-12-10(8)13-2/h3-4,6-7,9H,1,5,11H2,2H3/t9-/m0/s1. The van der Waals surface area contributed by atoms with Crippen molar-refractivity contribution in [3.05, 3.63) is 36.5 Å². The van der Waals surface area contributed by atoms with Crippen molar-refractivity contribution in [2.24, 2.45) is 5.73 Å². The van der Waals surface area contributed by atoms with Crippen LogP contribution in [0.25, 0.3) is 0 Å². The highest BCUT2D eigenvalue weighted by Crippen LogP contribution is 2.22. The van der Waals surface area contributed by atoms with Crippen LogP contribution in [0, 0.1) is 0 Å². The second-order valence-electron chi connectivity index (χ2n) is 2.73. The van der Waals surface area contributed by atoms with Gasteiger partial charge in [-0.3, -0.25) is 0 Å². The van der Waals surface area contributed by atoms with E-state index in [4.69, 9.17) is 10.5 Å². The van der Waals surface area contributed by atoms with Crippen molar-refractivity contribution in [2.45, 2.75) is 12.5 Å². The van der Waals surface area contributed by atoms with Gasteiger partial charge in [0.1, 0.15) is 0 Å². The molecule has 0 aliphatic carbocycles. The summed E-state index contributed by atoms with van der Waals surface area (Å²) in [4.78, 5) is 4.06. The van der Waals surface area contributed by atoms with Gasteiger partial charge in [0.05, 0.1) is 7.11 Å². The molecule has 1 aromatic rings. The summed E-state index contributed by atoms with van der Waals surface area (Å²) in [6.45, 7) is 3.64. The van der Waals surface area contributed by atoms with Crippen LogP contribution < -0.4 is 10.5 Å². The molecule has 13 heavy (non-hydrogen) atoms. The van der Waals surface area contributed by atoms with Crippen molar-refractivity contribution < 1.29 is 4.74 Å². The number of nitrogens with two attached hydrogens (primary N) is 1. The molecule has 1 atom stereocenters. The molecule has 0 fully saturated rings. The molecule has 0 bridgehead atoms. The minimum atomic E-state index is -0.0823. The Labute approximate surface area is 78.2 Å². The third kappa shape index (κ3) is 2.29. The van der Waals surface area contributed by atoms with Gasteiger partial charge in [0.15, 0.2) is 0 Å². The van der Waals surface area contributed by atoms with E-state index in [1.54, 1.807) is 19.4 Å². The second kappa shape index (κ2) is 4.62. The molecule has 3 nitrogen and oxygen atoms in total. The van der Waals surface area contributed by atoms with E-state index >= 15 is 0 Å². The third-order valence-electron chi connectivity index (χ3n) is 1.81. The lowest BCUT2D eigenvalue weighted by Crippen LogP contribution is -2.11. The molecule has 0 saturated carbocycles. The molecule has 1 rings (SSSR count). The quantitative estimate of drug-likeness (QED) is 0.713. The van der Waals surface area contributed by atoms with Gasteiger partial charge in [0, 0.05) is 17.8 Å². The number of rotatable bonds is 4. The van der Waals surface area contributed by atoms with E-state index in [2.05, 4.69) is 11.6 Å². The molecule has 2 N–H and O–H groups in total. The average molecular weight is 178 g/mol. The Hall–Kier alpha value is -1.35. The first-order valence-corrected chi connectivity index (χ1v) is 4.15. The normalized spacial score (nSPS) is 12.2. The van der Waals surface area contributed by atoms with Gasteiger partial charge < -0.3 is 10.5 Å². The van der Waals surface area contributed by atoms with Crippen molar-refractivity contribution >= 4 is 0 Å². The van der Waals surface area contributed by atoms with Gasteiger partial charge in [0.2, 0.25) is 5.88 Å². The van der Waals surface area contributed by atoms with Gasteiger partial charge in [-0.05, 0) is 12.5 Å². The Morgan fingerprint density at radius 3 is 3.15 bits per heavy atom. The van der Waals surface area contributed by atoms with Crippen LogP contribution >= 0.6 is 0 Å². The molecule has 3 heteroatoms. The number of methoxy groups -OCH3 is 1. The van der Waals surface area contributed by atoms with Gasteiger partial charge in [-0.25, -0.2) is 4.98 Å². The Kier molecular flexibility index (Phi) is 3.46. The first kappa shape index (κ1) is 9.74. The van der Waals surface area contributed by atoms with E-state index in [9.17, 15) is 0 Å². The van der Waals surface area contributed by atoms with E-state index < -0.39 is 0 Å². The Morgan fingerprint density at radius 2 is 2.54 bits per heavy atom. The summed E-state index contributed by atoms with van der Waals surface area (Å²) in [6.07, 6.45) is 4.20. The Bertz CT molecular complexity index is 286. The number of nitrogens with zero attached hydrogens (tertiary/aromatic N) is 1. The van der Waals surface area contributed by atoms with Crippen LogP contribution in [0.1, 0.15) is 18.0 Å². The molecule has 0 radical (unpaired) electrons. The van der Waals surface area contributed by atoms with E-state index in [0.717, 1.165) is 12.0 Å². The van der Waals surface area contributed by atoms with E-state index in [1.807, 2.05) is 12.1 Å².